The molecule has 194 valence electrons. The van der Waals surface area contributed by atoms with Crippen LogP contribution in [0.5, 0.6) is 5.75 Å². The average molecular weight is 499 g/mol. The minimum atomic E-state index is -4.51. The number of aliphatic hydroxyl groups is 2. The molecule has 1 saturated carbocycles. The topological polar surface area (TPSA) is 93.1 Å². The normalized spacial score (nSPS) is 22.9. The molecule has 0 heterocycles. The molecule has 1 aliphatic rings. The third kappa shape index (κ3) is 9.85. The number of unbranched alkanes of at least 4 members (excludes halogenated alkanes) is 1. The maximum atomic E-state index is 12.8. The smallest absolute Gasteiger partial charge is 0.416 e. The van der Waals surface area contributed by atoms with Gasteiger partial charge in [-0.3, -0.25) is 9.59 Å². The zero-order valence-corrected chi connectivity index (χ0v) is 19.9. The lowest BCUT2D eigenvalue weighted by atomic mass is 9.89. The second-order valence-electron chi connectivity index (χ2n) is 8.89. The highest BCUT2D eigenvalue weighted by Crippen LogP contribution is 2.36. The van der Waals surface area contributed by atoms with E-state index in [0.717, 1.165) is 12.1 Å². The molecule has 1 aromatic carbocycles. The van der Waals surface area contributed by atoms with E-state index in [1.807, 2.05) is 12.2 Å². The fourth-order valence-electron chi connectivity index (χ4n) is 3.95. The molecule has 0 unspecified atom stereocenters. The summed E-state index contributed by atoms with van der Waals surface area (Å²) in [6.45, 7) is 3.13. The Morgan fingerprint density at radius 1 is 1.17 bits per heavy atom. The largest absolute Gasteiger partial charge is 0.485 e. The summed E-state index contributed by atoms with van der Waals surface area (Å²) in [7, 11) is 0. The quantitative estimate of drug-likeness (QED) is 0.189. The molecule has 1 aliphatic carbocycles. The number of ether oxygens (including phenoxy) is 2. The number of hydrogen-bond acceptors (Lipinski definition) is 6. The number of halogens is 3. The predicted octanol–water partition coefficient (Wildman–Crippen LogP) is 4.64. The van der Waals surface area contributed by atoms with Gasteiger partial charge in [-0.2, -0.15) is 13.2 Å². The summed E-state index contributed by atoms with van der Waals surface area (Å²) in [5, 5.41) is 20.6. The van der Waals surface area contributed by atoms with Crippen molar-refractivity contribution in [3.05, 3.63) is 54.1 Å². The summed E-state index contributed by atoms with van der Waals surface area (Å²) in [5.74, 6) is -1.53. The fourth-order valence-corrected chi connectivity index (χ4v) is 3.95. The van der Waals surface area contributed by atoms with Crippen molar-refractivity contribution in [1.29, 1.82) is 0 Å². The summed E-state index contributed by atoms with van der Waals surface area (Å²) >= 11 is 0. The molecule has 0 radical (unpaired) electrons. The molecular formula is C26H33F3O6. The number of benzene rings is 1. The van der Waals surface area contributed by atoms with Crippen molar-refractivity contribution in [2.45, 2.75) is 70.4 Å². The molecule has 2 rings (SSSR count). The van der Waals surface area contributed by atoms with Crippen molar-refractivity contribution in [2.75, 3.05) is 6.61 Å². The zero-order valence-electron chi connectivity index (χ0n) is 19.9. The van der Waals surface area contributed by atoms with Crippen molar-refractivity contribution in [3.63, 3.8) is 0 Å². The minimum absolute atomic E-state index is 0.0709. The lowest BCUT2D eigenvalue weighted by Crippen LogP contribution is -2.20. The van der Waals surface area contributed by atoms with Gasteiger partial charge in [0.25, 0.3) is 0 Å². The summed E-state index contributed by atoms with van der Waals surface area (Å²) < 4.78 is 48.6. The molecule has 0 amide bonds. The fraction of sp³-hybridized carbons (Fsp3) is 0.538. The molecule has 1 fully saturated rings. The van der Waals surface area contributed by atoms with Crippen LogP contribution in [0.3, 0.4) is 0 Å². The highest BCUT2D eigenvalue weighted by molar-refractivity contribution is 5.91. The minimum Gasteiger partial charge on any atom is -0.485 e. The molecule has 0 bridgehead atoms. The van der Waals surface area contributed by atoms with E-state index in [9.17, 15) is 33.0 Å². The van der Waals surface area contributed by atoms with Crippen molar-refractivity contribution in [2.24, 2.45) is 11.8 Å². The van der Waals surface area contributed by atoms with Gasteiger partial charge >= 0.3 is 12.1 Å². The van der Waals surface area contributed by atoms with Crippen LogP contribution in [0.4, 0.5) is 13.2 Å². The van der Waals surface area contributed by atoms with Gasteiger partial charge in [-0.05, 0) is 63.3 Å². The lowest BCUT2D eigenvalue weighted by molar-refractivity contribution is -0.147. The molecule has 4 atom stereocenters. The Kier molecular flexibility index (Phi) is 11.0. The van der Waals surface area contributed by atoms with Crippen LogP contribution in [0.15, 0.2) is 48.6 Å². The van der Waals surface area contributed by atoms with E-state index < -0.39 is 42.3 Å². The molecule has 0 saturated heterocycles. The first-order valence-corrected chi connectivity index (χ1v) is 11.7. The predicted molar refractivity (Wildman–Crippen MR) is 124 cm³/mol. The Morgan fingerprint density at radius 3 is 2.60 bits per heavy atom. The number of alkyl halides is 3. The molecule has 0 aromatic heterocycles. The number of allylic oxidation sites excluding steroid dienone is 2. The number of esters is 1. The second kappa shape index (κ2) is 13.4. The molecule has 0 aliphatic heterocycles. The van der Waals surface area contributed by atoms with Crippen LogP contribution in [0.2, 0.25) is 0 Å². The number of ketones is 1. The monoisotopic (exact) mass is 498 g/mol. The van der Waals surface area contributed by atoms with Gasteiger partial charge in [-0.1, -0.05) is 24.3 Å². The van der Waals surface area contributed by atoms with Gasteiger partial charge in [0.05, 0.1) is 23.9 Å². The van der Waals surface area contributed by atoms with Crippen molar-refractivity contribution >= 4 is 11.8 Å². The molecule has 0 spiro atoms. The third-order valence-electron chi connectivity index (χ3n) is 5.66. The van der Waals surface area contributed by atoms with Gasteiger partial charge in [-0.25, -0.2) is 0 Å². The first-order chi connectivity index (χ1) is 16.5. The molecule has 2 N–H and O–H groups in total. The van der Waals surface area contributed by atoms with E-state index in [2.05, 4.69) is 0 Å². The van der Waals surface area contributed by atoms with Crippen LogP contribution < -0.4 is 4.74 Å². The van der Waals surface area contributed by atoms with Crippen LogP contribution in [-0.2, 0) is 20.5 Å². The SMILES string of the molecule is CC(C)OC(=O)CCCC=CC[C@@H]1[C@@H](C=CC(=O)COc2cccc(C(F)(F)F)c2)[C@H](O)C[C@@H]1O. The maximum absolute atomic E-state index is 12.8. The molecular weight excluding hydrogens is 465 g/mol. The van der Waals surface area contributed by atoms with Crippen LogP contribution in [-0.4, -0.2) is 46.9 Å². The van der Waals surface area contributed by atoms with E-state index in [-0.39, 0.29) is 30.2 Å². The Morgan fingerprint density at radius 2 is 1.91 bits per heavy atom. The van der Waals surface area contributed by atoms with E-state index in [1.54, 1.807) is 13.8 Å². The van der Waals surface area contributed by atoms with Crippen molar-refractivity contribution in [1.82, 2.24) is 0 Å². The maximum Gasteiger partial charge on any atom is 0.416 e. The van der Waals surface area contributed by atoms with Gasteiger partial charge in [0, 0.05) is 18.8 Å². The van der Waals surface area contributed by atoms with Gasteiger partial charge in [-0.15, -0.1) is 0 Å². The van der Waals surface area contributed by atoms with E-state index in [1.165, 1.54) is 24.3 Å². The Hall–Kier alpha value is -2.65. The average Bonchev–Trinajstić information content (AvgIpc) is 3.04. The third-order valence-corrected chi connectivity index (χ3v) is 5.66. The number of rotatable bonds is 12. The van der Waals surface area contributed by atoms with Crippen LogP contribution >= 0.6 is 0 Å². The number of hydrogen-bond donors (Lipinski definition) is 2. The lowest BCUT2D eigenvalue weighted by Gasteiger charge is -2.19. The van der Waals surface area contributed by atoms with E-state index in [4.69, 9.17) is 9.47 Å². The van der Waals surface area contributed by atoms with Gasteiger partial charge in [0.1, 0.15) is 5.75 Å². The summed E-state index contributed by atoms with van der Waals surface area (Å²) in [6.07, 6.45) is 2.66. The standard InChI is InChI=1S/C26H33F3O6/c1-17(2)35-25(33)11-6-4-3-5-10-21-22(24(32)15-23(21)31)13-12-19(30)16-34-20-9-7-8-18(14-20)26(27,28)29/h3,5,7-9,12-14,17,21-24,31-32H,4,6,10-11,15-16H2,1-2H3/t21-,22-,23+,24-/m1/s1. The molecule has 9 heteroatoms. The van der Waals surface area contributed by atoms with Crippen molar-refractivity contribution < 1.29 is 42.4 Å². The highest BCUT2D eigenvalue weighted by Gasteiger charge is 2.39. The van der Waals surface area contributed by atoms with E-state index >= 15 is 0 Å². The summed E-state index contributed by atoms with van der Waals surface area (Å²) in [6, 6.07) is 4.27. The Labute approximate surface area is 203 Å². The second-order valence-corrected chi connectivity index (χ2v) is 8.89. The first-order valence-electron chi connectivity index (χ1n) is 11.7. The molecule has 1 aromatic rings. The van der Waals surface area contributed by atoms with Gasteiger partial charge in [0.15, 0.2) is 12.4 Å². The summed E-state index contributed by atoms with van der Waals surface area (Å²) in [5.41, 5.74) is -0.868. The van der Waals surface area contributed by atoms with Crippen LogP contribution in [0.1, 0.15) is 51.5 Å². The Bertz CT molecular complexity index is 893. The summed E-state index contributed by atoms with van der Waals surface area (Å²) in [4.78, 5) is 23.7. The van der Waals surface area contributed by atoms with Gasteiger partial charge in [0.2, 0.25) is 0 Å². The van der Waals surface area contributed by atoms with Crippen LogP contribution in [0.25, 0.3) is 0 Å². The van der Waals surface area contributed by atoms with Crippen molar-refractivity contribution in [3.8, 4) is 5.75 Å². The molecule has 6 nitrogen and oxygen atoms in total. The highest BCUT2D eigenvalue weighted by atomic mass is 19.4. The number of carbonyl (C=O) groups excluding carboxylic acids is 2. The van der Waals surface area contributed by atoms with Gasteiger partial charge < -0.3 is 19.7 Å². The van der Waals surface area contributed by atoms with Crippen LogP contribution in [0, 0.1) is 11.8 Å². The Balaban J connectivity index is 1.83. The first kappa shape index (κ1) is 28.6. The zero-order chi connectivity index (χ0) is 26.0. The van der Waals surface area contributed by atoms with E-state index in [0.29, 0.717) is 25.7 Å². The number of aliphatic hydroxyl groups excluding tert-OH is 2. The molecule has 35 heavy (non-hydrogen) atoms. The number of carbonyl (C=O) groups is 2.